The highest BCUT2D eigenvalue weighted by molar-refractivity contribution is 7.17. The Balaban J connectivity index is 1.45. The Labute approximate surface area is 213 Å². The molecule has 0 unspecified atom stereocenters. The molecule has 0 atom stereocenters. The average Bonchev–Trinajstić information content (AvgIpc) is 3.54. The normalized spacial score (nSPS) is 10.4. The van der Waals surface area contributed by atoms with Gasteiger partial charge >= 0.3 is 12.0 Å². The number of hydrogen-bond donors (Lipinski definition) is 5. The first-order valence-electron chi connectivity index (χ1n) is 10.7. The molecule has 0 saturated carbocycles. The van der Waals surface area contributed by atoms with Gasteiger partial charge in [-0.15, -0.1) is 0 Å². The lowest BCUT2D eigenvalue weighted by atomic mass is 9.99. The van der Waals surface area contributed by atoms with Gasteiger partial charge < -0.3 is 20.1 Å². The van der Waals surface area contributed by atoms with E-state index in [1.54, 1.807) is 42.5 Å². The van der Waals surface area contributed by atoms with Gasteiger partial charge in [0.1, 0.15) is 10.6 Å². The molecule has 0 saturated heterocycles. The van der Waals surface area contributed by atoms with Crippen LogP contribution in [0.15, 0.2) is 54.9 Å². The van der Waals surface area contributed by atoms with Crippen molar-refractivity contribution in [1.29, 1.82) is 0 Å². The number of ether oxygens (including phenoxy) is 1. The van der Waals surface area contributed by atoms with E-state index in [2.05, 4.69) is 30.9 Å². The molecule has 0 aliphatic rings. The number of ketones is 1. The quantitative estimate of drug-likeness (QED) is 0.217. The third-order valence-electron chi connectivity index (χ3n) is 5.00. The van der Waals surface area contributed by atoms with Crippen LogP contribution in [-0.2, 0) is 0 Å². The van der Waals surface area contributed by atoms with Crippen molar-refractivity contribution in [1.82, 2.24) is 15.0 Å². The van der Waals surface area contributed by atoms with Crippen molar-refractivity contribution in [2.75, 3.05) is 23.1 Å². The van der Waals surface area contributed by atoms with Crippen molar-refractivity contribution in [3.05, 3.63) is 82.1 Å². The van der Waals surface area contributed by atoms with E-state index in [-0.39, 0.29) is 38.7 Å². The molecular formula is C24H20N6O6S. The number of anilines is 3. The average molecular weight is 521 g/mol. The molecule has 12 nitrogen and oxygen atoms in total. The molecule has 0 bridgehead atoms. The zero-order chi connectivity index (χ0) is 26.5. The van der Waals surface area contributed by atoms with Crippen LogP contribution in [0.1, 0.15) is 41.6 Å². The van der Waals surface area contributed by atoms with Gasteiger partial charge in [0.05, 0.1) is 24.6 Å². The summed E-state index contributed by atoms with van der Waals surface area (Å²) in [6.07, 6.45) is 2.39. The number of methoxy groups -OCH3 is 1. The minimum Gasteiger partial charge on any atom is -0.496 e. The van der Waals surface area contributed by atoms with E-state index >= 15 is 0 Å². The van der Waals surface area contributed by atoms with Crippen LogP contribution in [-0.4, -0.2) is 50.9 Å². The van der Waals surface area contributed by atoms with Crippen molar-refractivity contribution in [2.45, 2.75) is 6.92 Å². The van der Waals surface area contributed by atoms with Gasteiger partial charge in [-0.05, 0) is 31.2 Å². The SMILES string of the molecule is COc1ccccc1C(=O)c1cc(C)ccc1NC(=O)Nc1ncc(C(=O)Nc2nc(C(=O)O)c[nH]2)s1. The largest absolute Gasteiger partial charge is 0.496 e. The standard InChI is InChI=1S/C24H20N6O6S/c1-12-7-8-15(14(9-12)19(31)13-5-3-4-6-17(13)36-2)28-23(35)30-24-26-11-18(37-24)20(32)29-22-25-10-16(27-22)21(33)34/h3-11H,1-2H3,(H,33,34)(H2,25,27,29,32)(H2,26,28,30,35). The summed E-state index contributed by atoms with van der Waals surface area (Å²) in [5.41, 5.74) is 1.48. The van der Waals surface area contributed by atoms with Crippen molar-refractivity contribution in [3.63, 3.8) is 0 Å². The fourth-order valence-electron chi connectivity index (χ4n) is 3.28. The Morgan fingerprint density at radius 1 is 1.03 bits per heavy atom. The molecule has 37 heavy (non-hydrogen) atoms. The number of para-hydroxylation sites is 1. The number of aromatic nitrogens is 3. The van der Waals surface area contributed by atoms with Crippen LogP contribution in [0.2, 0.25) is 0 Å². The number of carbonyl (C=O) groups excluding carboxylic acids is 3. The first-order chi connectivity index (χ1) is 17.7. The number of H-pyrrole nitrogens is 1. The summed E-state index contributed by atoms with van der Waals surface area (Å²) >= 11 is 0.890. The number of carbonyl (C=O) groups is 4. The van der Waals surface area contributed by atoms with Gasteiger partial charge in [0, 0.05) is 11.8 Å². The summed E-state index contributed by atoms with van der Waals surface area (Å²) in [5, 5.41) is 16.6. The van der Waals surface area contributed by atoms with Gasteiger partial charge in [-0.1, -0.05) is 35.1 Å². The number of rotatable bonds is 8. The number of aromatic carboxylic acids is 1. The predicted molar refractivity (Wildman–Crippen MR) is 136 cm³/mol. The second-order valence-electron chi connectivity index (χ2n) is 7.58. The van der Waals surface area contributed by atoms with Gasteiger partial charge in [0.15, 0.2) is 16.6 Å². The Bertz CT molecular complexity index is 1510. The molecule has 2 aromatic heterocycles. The zero-order valence-electron chi connectivity index (χ0n) is 19.5. The first-order valence-corrected chi connectivity index (χ1v) is 11.5. The van der Waals surface area contributed by atoms with Crippen molar-refractivity contribution in [2.24, 2.45) is 0 Å². The van der Waals surface area contributed by atoms with Crippen molar-refractivity contribution < 1.29 is 29.0 Å². The summed E-state index contributed by atoms with van der Waals surface area (Å²) in [4.78, 5) is 59.7. The molecule has 0 spiro atoms. The monoisotopic (exact) mass is 520 g/mol. The molecule has 188 valence electrons. The molecule has 0 aliphatic heterocycles. The van der Waals surface area contributed by atoms with Crippen LogP contribution in [0.4, 0.5) is 21.6 Å². The van der Waals surface area contributed by atoms with Crippen LogP contribution in [0.3, 0.4) is 0 Å². The number of imidazole rings is 1. The van der Waals surface area contributed by atoms with E-state index in [0.717, 1.165) is 23.1 Å². The molecule has 2 aromatic carbocycles. The predicted octanol–water partition coefficient (Wildman–Crippen LogP) is 4.01. The molecule has 0 aliphatic carbocycles. The Kier molecular flexibility index (Phi) is 7.25. The summed E-state index contributed by atoms with van der Waals surface area (Å²) in [7, 11) is 1.47. The van der Waals surface area contributed by atoms with E-state index in [1.807, 2.05) is 6.92 Å². The number of amides is 3. The lowest BCUT2D eigenvalue weighted by molar-refractivity contribution is 0.0690. The maximum atomic E-state index is 13.3. The topological polar surface area (TPSA) is 175 Å². The lowest BCUT2D eigenvalue weighted by Crippen LogP contribution is -2.21. The van der Waals surface area contributed by atoms with Crippen LogP contribution >= 0.6 is 11.3 Å². The fourth-order valence-corrected chi connectivity index (χ4v) is 3.99. The number of aryl methyl sites for hydroxylation is 1. The Hall–Kier alpha value is -5.04. The van der Waals surface area contributed by atoms with E-state index in [1.165, 1.54) is 13.3 Å². The first kappa shape index (κ1) is 25.1. The summed E-state index contributed by atoms with van der Waals surface area (Å²) in [5.74, 6) is -1.80. The Morgan fingerprint density at radius 2 is 1.81 bits per heavy atom. The third kappa shape index (κ3) is 5.79. The molecular weight excluding hydrogens is 500 g/mol. The van der Waals surface area contributed by atoms with Gasteiger partial charge in [0.25, 0.3) is 5.91 Å². The molecule has 3 amide bonds. The van der Waals surface area contributed by atoms with Crippen molar-refractivity contribution in [3.8, 4) is 5.75 Å². The van der Waals surface area contributed by atoms with Crippen LogP contribution in [0.25, 0.3) is 0 Å². The number of nitrogens with one attached hydrogen (secondary N) is 4. The number of hydrogen-bond acceptors (Lipinski definition) is 8. The number of urea groups is 1. The third-order valence-corrected chi connectivity index (χ3v) is 5.91. The van der Waals surface area contributed by atoms with Crippen LogP contribution in [0.5, 0.6) is 5.75 Å². The summed E-state index contributed by atoms with van der Waals surface area (Å²) in [6, 6.07) is 11.2. The highest BCUT2D eigenvalue weighted by atomic mass is 32.1. The maximum absolute atomic E-state index is 13.3. The molecule has 2 heterocycles. The minimum atomic E-state index is -1.24. The van der Waals surface area contributed by atoms with Crippen LogP contribution in [0, 0.1) is 6.92 Å². The van der Waals surface area contributed by atoms with E-state index < -0.39 is 17.9 Å². The summed E-state index contributed by atoms with van der Waals surface area (Å²) < 4.78 is 5.30. The maximum Gasteiger partial charge on any atom is 0.356 e. The summed E-state index contributed by atoms with van der Waals surface area (Å²) in [6.45, 7) is 1.83. The number of aromatic amines is 1. The van der Waals surface area contributed by atoms with E-state index in [4.69, 9.17) is 9.84 Å². The highest BCUT2D eigenvalue weighted by Gasteiger charge is 2.20. The van der Waals surface area contributed by atoms with Gasteiger partial charge in [0.2, 0.25) is 5.95 Å². The number of carboxylic acids is 1. The molecule has 5 N–H and O–H groups in total. The van der Waals surface area contributed by atoms with E-state index in [0.29, 0.717) is 11.3 Å². The highest BCUT2D eigenvalue weighted by Crippen LogP contribution is 2.27. The van der Waals surface area contributed by atoms with Gasteiger partial charge in [-0.2, -0.15) is 0 Å². The van der Waals surface area contributed by atoms with Gasteiger partial charge in [-0.25, -0.2) is 19.6 Å². The molecule has 4 aromatic rings. The van der Waals surface area contributed by atoms with Crippen LogP contribution < -0.4 is 20.7 Å². The number of thiazole rings is 1. The second kappa shape index (κ2) is 10.7. The Morgan fingerprint density at radius 3 is 2.54 bits per heavy atom. The lowest BCUT2D eigenvalue weighted by Gasteiger charge is -2.13. The van der Waals surface area contributed by atoms with E-state index in [9.17, 15) is 19.2 Å². The zero-order valence-corrected chi connectivity index (χ0v) is 20.3. The number of nitrogens with zero attached hydrogens (tertiary/aromatic N) is 2. The molecule has 0 radical (unpaired) electrons. The molecule has 4 rings (SSSR count). The molecule has 13 heteroatoms. The number of carboxylic acid groups (broad SMARTS) is 1. The minimum absolute atomic E-state index is 0.0466. The second-order valence-corrected chi connectivity index (χ2v) is 8.61. The van der Waals surface area contributed by atoms with Crippen molar-refractivity contribution >= 4 is 51.8 Å². The molecule has 0 fully saturated rings. The fraction of sp³-hybridized carbons (Fsp3) is 0.0833. The van der Waals surface area contributed by atoms with Gasteiger partial charge in [-0.3, -0.25) is 20.2 Å². The smallest absolute Gasteiger partial charge is 0.356 e. The number of benzene rings is 2.